The van der Waals surface area contributed by atoms with Crippen LogP contribution in [0.5, 0.6) is 0 Å². The molecule has 1 saturated heterocycles. The van der Waals surface area contributed by atoms with Crippen LogP contribution in [-0.2, 0) is 15.1 Å². The number of nitrogens with zero attached hydrogens (tertiary/aromatic N) is 3. The molecular formula is C22H26N6O2. The number of anilines is 2. The highest BCUT2D eigenvalue weighted by molar-refractivity contribution is 6.39. The Balaban J connectivity index is 1.63. The summed E-state index contributed by atoms with van der Waals surface area (Å²) in [6.07, 6.45) is 4.98. The van der Waals surface area contributed by atoms with Crippen LogP contribution in [0.3, 0.4) is 0 Å². The molecule has 0 unspecified atom stereocenters. The van der Waals surface area contributed by atoms with E-state index in [-0.39, 0.29) is 0 Å². The van der Waals surface area contributed by atoms with Gasteiger partial charge in [-0.05, 0) is 61.9 Å². The summed E-state index contributed by atoms with van der Waals surface area (Å²) in [5.41, 5.74) is 8.28. The van der Waals surface area contributed by atoms with Gasteiger partial charge in [-0.2, -0.15) is 5.10 Å². The number of carbonyl (C=O) groups excluding carboxylic acids is 2. The lowest BCUT2D eigenvalue weighted by atomic mass is 9.78. The van der Waals surface area contributed by atoms with Gasteiger partial charge < -0.3 is 16.0 Å². The molecule has 2 aromatic heterocycles. The lowest BCUT2D eigenvalue weighted by Gasteiger charge is -2.47. The highest BCUT2D eigenvalue weighted by atomic mass is 16.2. The van der Waals surface area contributed by atoms with Crippen molar-refractivity contribution in [1.29, 1.82) is 0 Å². The number of piperidine rings is 1. The average Bonchev–Trinajstić information content (AvgIpc) is 3.20. The second kappa shape index (κ2) is 7.44. The molecular weight excluding hydrogens is 380 g/mol. The molecule has 2 amide bonds. The number of pyridine rings is 1. The first-order valence-corrected chi connectivity index (χ1v) is 10.1. The van der Waals surface area contributed by atoms with Crippen LogP contribution in [0.1, 0.15) is 37.8 Å². The largest absolute Gasteiger partial charge is 0.383 e. The van der Waals surface area contributed by atoms with Crippen LogP contribution in [0.2, 0.25) is 0 Å². The van der Waals surface area contributed by atoms with Crippen molar-refractivity contribution in [3.63, 3.8) is 0 Å². The molecule has 8 heteroatoms. The molecule has 2 atom stereocenters. The van der Waals surface area contributed by atoms with Crippen molar-refractivity contribution in [3.8, 4) is 0 Å². The van der Waals surface area contributed by atoms with Crippen LogP contribution >= 0.6 is 0 Å². The number of nitrogen functional groups attached to an aromatic ring is 1. The Labute approximate surface area is 174 Å². The van der Waals surface area contributed by atoms with E-state index in [1.807, 2.05) is 25.1 Å². The fraction of sp³-hybridized carbons (Fsp3) is 0.364. The Bertz CT molecular complexity index is 1120. The Hall–Kier alpha value is -3.42. The fourth-order valence-electron chi connectivity index (χ4n) is 4.11. The molecule has 0 radical (unpaired) electrons. The van der Waals surface area contributed by atoms with Crippen LogP contribution in [0.25, 0.3) is 10.9 Å². The van der Waals surface area contributed by atoms with E-state index in [1.165, 1.54) is 6.20 Å². The van der Waals surface area contributed by atoms with Crippen LogP contribution in [0.15, 0.2) is 36.7 Å². The number of likely N-dealkylation sites (tertiary alicyclic amines) is 1. The summed E-state index contributed by atoms with van der Waals surface area (Å²) in [7, 11) is 0. The fourth-order valence-corrected chi connectivity index (χ4v) is 4.11. The van der Waals surface area contributed by atoms with Gasteiger partial charge in [-0.25, -0.2) is 4.98 Å². The first-order chi connectivity index (χ1) is 14.3. The number of benzene rings is 1. The van der Waals surface area contributed by atoms with Gasteiger partial charge in [-0.1, -0.05) is 13.0 Å². The third kappa shape index (κ3) is 3.49. The van der Waals surface area contributed by atoms with Crippen molar-refractivity contribution in [2.24, 2.45) is 5.92 Å². The van der Waals surface area contributed by atoms with Gasteiger partial charge in [0.05, 0.1) is 29.1 Å². The lowest BCUT2D eigenvalue weighted by molar-refractivity contribution is -0.150. The summed E-state index contributed by atoms with van der Waals surface area (Å²) < 4.78 is 0. The summed E-state index contributed by atoms with van der Waals surface area (Å²) in [4.78, 5) is 31.8. The number of rotatable bonds is 2. The monoisotopic (exact) mass is 406 g/mol. The van der Waals surface area contributed by atoms with Crippen LogP contribution in [0.4, 0.5) is 11.5 Å². The number of aryl methyl sites for hydroxylation is 1. The zero-order valence-corrected chi connectivity index (χ0v) is 17.4. The number of aromatic amines is 1. The molecule has 1 aliphatic heterocycles. The van der Waals surface area contributed by atoms with E-state index in [0.29, 0.717) is 24.0 Å². The van der Waals surface area contributed by atoms with Gasteiger partial charge in [-0.15, -0.1) is 0 Å². The second-order valence-corrected chi connectivity index (χ2v) is 8.39. The number of aromatic nitrogens is 3. The minimum absolute atomic E-state index is 0.313. The Morgan fingerprint density at radius 1 is 1.30 bits per heavy atom. The van der Waals surface area contributed by atoms with Crippen molar-refractivity contribution < 1.29 is 9.59 Å². The first kappa shape index (κ1) is 19.9. The van der Waals surface area contributed by atoms with Crippen molar-refractivity contribution in [3.05, 3.63) is 47.8 Å². The van der Waals surface area contributed by atoms with Gasteiger partial charge in [0.15, 0.2) is 0 Å². The normalized spacial score (nSPS) is 21.6. The molecule has 3 heterocycles. The van der Waals surface area contributed by atoms with E-state index in [2.05, 4.69) is 27.4 Å². The average molecular weight is 406 g/mol. The molecule has 30 heavy (non-hydrogen) atoms. The Morgan fingerprint density at radius 2 is 2.10 bits per heavy atom. The quantitative estimate of drug-likeness (QED) is 0.566. The minimum atomic E-state index is -0.675. The molecule has 1 fully saturated rings. The molecule has 0 spiro atoms. The zero-order chi connectivity index (χ0) is 21.5. The molecule has 1 aliphatic rings. The number of carbonyl (C=O) groups is 2. The molecule has 1 aromatic carbocycles. The number of nitrogens with one attached hydrogen (secondary N) is 2. The van der Waals surface area contributed by atoms with Crippen LogP contribution in [0, 0.1) is 12.8 Å². The van der Waals surface area contributed by atoms with Gasteiger partial charge in [0.2, 0.25) is 0 Å². The lowest BCUT2D eigenvalue weighted by Crippen LogP contribution is -2.55. The van der Waals surface area contributed by atoms with E-state index in [1.54, 1.807) is 24.1 Å². The molecule has 0 bridgehead atoms. The Morgan fingerprint density at radius 3 is 2.87 bits per heavy atom. The van der Waals surface area contributed by atoms with Crippen LogP contribution < -0.4 is 11.1 Å². The summed E-state index contributed by atoms with van der Waals surface area (Å²) in [6.45, 7) is 6.45. The van der Waals surface area contributed by atoms with Gasteiger partial charge in [-0.3, -0.25) is 14.7 Å². The zero-order valence-electron chi connectivity index (χ0n) is 17.4. The van der Waals surface area contributed by atoms with Crippen molar-refractivity contribution in [2.45, 2.75) is 39.2 Å². The van der Waals surface area contributed by atoms with E-state index in [4.69, 9.17) is 5.73 Å². The third-order valence-electron chi connectivity index (χ3n) is 6.09. The highest BCUT2D eigenvalue weighted by Gasteiger charge is 2.43. The first-order valence-electron chi connectivity index (χ1n) is 10.1. The van der Waals surface area contributed by atoms with E-state index in [0.717, 1.165) is 34.9 Å². The summed E-state index contributed by atoms with van der Waals surface area (Å²) in [6, 6.07) is 7.72. The number of hydrogen-bond donors (Lipinski definition) is 3. The predicted octanol–water partition coefficient (Wildman–Crippen LogP) is 2.96. The number of amides is 2. The van der Waals surface area contributed by atoms with Crippen molar-refractivity contribution >= 4 is 34.2 Å². The van der Waals surface area contributed by atoms with E-state index >= 15 is 0 Å². The van der Waals surface area contributed by atoms with Crippen molar-refractivity contribution in [1.82, 2.24) is 20.1 Å². The number of fused-ring (bicyclic) bond motifs is 1. The maximum Gasteiger partial charge on any atom is 0.313 e. The molecule has 4 N–H and O–H groups in total. The SMILES string of the molecule is Cc1cc(NC(=O)C(=O)N2C[C@H](C)CC[C@@]2(C)c2ccc3[nH]ncc3c2)cnc1N. The highest BCUT2D eigenvalue weighted by Crippen LogP contribution is 2.40. The molecule has 0 saturated carbocycles. The third-order valence-corrected chi connectivity index (χ3v) is 6.09. The van der Waals surface area contributed by atoms with E-state index < -0.39 is 17.4 Å². The number of nitrogens with two attached hydrogens (primary N) is 1. The van der Waals surface area contributed by atoms with Gasteiger partial charge in [0.1, 0.15) is 5.82 Å². The molecule has 8 nitrogen and oxygen atoms in total. The Kier molecular flexibility index (Phi) is 4.93. The number of hydrogen-bond acceptors (Lipinski definition) is 5. The predicted molar refractivity (Wildman–Crippen MR) is 116 cm³/mol. The van der Waals surface area contributed by atoms with Gasteiger partial charge in [0.25, 0.3) is 0 Å². The second-order valence-electron chi connectivity index (χ2n) is 8.39. The molecule has 156 valence electrons. The smallest absolute Gasteiger partial charge is 0.313 e. The molecule has 3 aromatic rings. The van der Waals surface area contributed by atoms with Crippen molar-refractivity contribution in [2.75, 3.05) is 17.6 Å². The standard InChI is InChI=1S/C22H26N6O2/c1-13-6-7-22(3,16-4-5-18-15(9-16)10-25-27-18)28(12-13)21(30)20(29)26-17-8-14(2)19(23)24-11-17/h4-5,8-11,13H,6-7,12H2,1-3H3,(H2,23,24)(H,25,27)(H,26,29)/t13-,22+/m1/s1. The molecule has 4 rings (SSSR count). The molecule has 0 aliphatic carbocycles. The van der Waals surface area contributed by atoms with Gasteiger partial charge >= 0.3 is 11.8 Å². The summed E-state index contributed by atoms with van der Waals surface area (Å²) in [5, 5.41) is 10.7. The maximum atomic E-state index is 13.3. The topological polar surface area (TPSA) is 117 Å². The maximum absolute atomic E-state index is 13.3. The minimum Gasteiger partial charge on any atom is -0.383 e. The summed E-state index contributed by atoms with van der Waals surface area (Å²) >= 11 is 0. The van der Waals surface area contributed by atoms with Gasteiger partial charge in [0, 0.05) is 11.9 Å². The van der Waals surface area contributed by atoms with Crippen LogP contribution in [-0.4, -0.2) is 38.4 Å². The summed E-state index contributed by atoms with van der Waals surface area (Å²) in [5.74, 6) is -0.518. The number of H-pyrrole nitrogens is 1. The van der Waals surface area contributed by atoms with E-state index in [9.17, 15) is 9.59 Å².